The van der Waals surface area contributed by atoms with Crippen LogP contribution in [0.15, 0.2) is 30.3 Å². The van der Waals surface area contributed by atoms with Gasteiger partial charge in [0.15, 0.2) is 0 Å². The number of likely N-dealkylation sites (tertiary alicyclic amines) is 1. The van der Waals surface area contributed by atoms with Gasteiger partial charge in [0.2, 0.25) is 17.7 Å². The summed E-state index contributed by atoms with van der Waals surface area (Å²) in [5.41, 5.74) is 0.692. The number of carbonyl (C=O) groups is 3. The van der Waals surface area contributed by atoms with Crippen molar-refractivity contribution >= 4 is 51.1 Å². The lowest BCUT2D eigenvalue weighted by molar-refractivity contribution is -0.139. The highest BCUT2D eigenvalue weighted by Gasteiger charge is 2.75. The number of halogens is 1. The first-order valence-corrected chi connectivity index (χ1v) is 12.5. The lowest BCUT2D eigenvalue weighted by Gasteiger charge is -2.35. The van der Waals surface area contributed by atoms with Crippen LogP contribution in [0.2, 0.25) is 0 Å². The van der Waals surface area contributed by atoms with E-state index in [1.54, 1.807) is 16.7 Å². The molecule has 3 amide bonds. The zero-order valence-electron chi connectivity index (χ0n) is 17.6. The van der Waals surface area contributed by atoms with Crippen LogP contribution < -0.4 is 10.6 Å². The van der Waals surface area contributed by atoms with Crippen LogP contribution in [-0.2, 0) is 14.4 Å². The predicted octanol–water partition coefficient (Wildman–Crippen LogP) is 2.00. The van der Waals surface area contributed by atoms with Crippen LogP contribution in [0.25, 0.3) is 0 Å². The first-order valence-electron chi connectivity index (χ1n) is 10.7. The number of carbonyl (C=O) groups excluding carboxylic acids is 3. The highest BCUT2D eigenvalue weighted by Crippen LogP contribution is 2.67. The van der Waals surface area contributed by atoms with Crippen LogP contribution in [0.1, 0.15) is 26.7 Å². The van der Waals surface area contributed by atoms with Gasteiger partial charge in [-0.15, -0.1) is 11.8 Å². The Kier molecular flexibility index (Phi) is 6.38. The zero-order chi connectivity index (χ0) is 22.3. The van der Waals surface area contributed by atoms with Gasteiger partial charge in [-0.25, -0.2) is 0 Å². The molecule has 3 unspecified atom stereocenters. The Bertz CT molecular complexity index is 870. The van der Waals surface area contributed by atoms with Gasteiger partial charge in [0.1, 0.15) is 6.04 Å². The molecular formula is C22H28BrN3O4S. The molecule has 7 nitrogen and oxygen atoms in total. The number of anilines is 1. The number of thioether (sulfide) groups is 1. The smallest absolute Gasteiger partial charge is 0.244 e. The molecule has 1 aromatic rings. The Morgan fingerprint density at radius 1 is 1.29 bits per heavy atom. The van der Waals surface area contributed by atoms with Crippen molar-refractivity contribution < 1.29 is 19.5 Å². The summed E-state index contributed by atoms with van der Waals surface area (Å²) in [5.74, 6) is -1.59. The largest absolute Gasteiger partial charge is 0.396 e. The third kappa shape index (κ3) is 3.78. The van der Waals surface area contributed by atoms with Crippen molar-refractivity contribution in [3.05, 3.63) is 30.3 Å². The van der Waals surface area contributed by atoms with E-state index in [0.29, 0.717) is 25.1 Å². The topological polar surface area (TPSA) is 98.7 Å². The van der Waals surface area contributed by atoms with Crippen molar-refractivity contribution in [2.75, 3.05) is 18.5 Å². The number of fused-ring (bicyclic) bond motifs is 1. The molecule has 6 atom stereocenters. The van der Waals surface area contributed by atoms with Gasteiger partial charge < -0.3 is 20.6 Å². The molecule has 0 aromatic heterocycles. The van der Waals surface area contributed by atoms with Crippen LogP contribution in [0, 0.1) is 11.8 Å². The van der Waals surface area contributed by atoms with Gasteiger partial charge in [0, 0.05) is 35.0 Å². The van der Waals surface area contributed by atoms with E-state index in [-0.39, 0.29) is 40.4 Å². The van der Waals surface area contributed by atoms with E-state index < -0.39 is 22.6 Å². The maximum absolute atomic E-state index is 13.6. The number of para-hydroxylation sites is 1. The second-order valence-corrected chi connectivity index (χ2v) is 11.5. The summed E-state index contributed by atoms with van der Waals surface area (Å²) in [4.78, 5) is 41.9. The van der Waals surface area contributed by atoms with Gasteiger partial charge in [-0.2, -0.15) is 0 Å². The summed E-state index contributed by atoms with van der Waals surface area (Å²) in [6.07, 6.45) is 1.05. The number of alkyl halides is 1. The summed E-state index contributed by atoms with van der Waals surface area (Å²) >= 11 is 5.35. The summed E-state index contributed by atoms with van der Waals surface area (Å²) in [7, 11) is 0. The van der Waals surface area contributed by atoms with Crippen LogP contribution in [0.4, 0.5) is 5.69 Å². The number of aliphatic hydroxyl groups excluding tert-OH is 1. The van der Waals surface area contributed by atoms with E-state index in [9.17, 15) is 19.5 Å². The molecule has 3 fully saturated rings. The monoisotopic (exact) mass is 509 g/mol. The van der Waals surface area contributed by atoms with Gasteiger partial charge >= 0.3 is 0 Å². The molecule has 3 heterocycles. The number of nitrogens with one attached hydrogen (secondary N) is 2. The van der Waals surface area contributed by atoms with Gasteiger partial charge in [-0.1, -0.05) is 34.1 Å². The summed E-state index contributed by atoms with van der Waals surface area (Å²) in [6, 6.07) is 8.52. The number of hydrogen-bond acceptors (Lipinski definition) is 5. The zero-order valence-corrected chi connectivity index (χ0v) is 20.0. The molecule has 0 radical (unpaired) electrons. The van der Waals surface area contributed by atoms with E-state index >= 15 is 0 Å². The molecule has 3 saturated heterocycles. The second-order valence-electron chi connectivity index (χ2n) is 8.79. The third-order valence-corrected chi connectivity index (χ3v) is 9.59. The number of amides is 3. The van der Waals surface area contributed by atoms with Crippen molar-refractivity contribution in [1.29, 1.82) is 0 Å². The second kappa shape index (κ2) is 8.75. The van der Waals surface area contributed by atoms with Crippen LogP contribution >= 0.6 is 27.7 Å². The minimum absolute atomic E-state index is 0.0419. The lowest BCUT2D eigenvalue weighted by Crippen LogP contribution is -2.55. The Balaban J connectivity index is 1.69. The molecule has 3 aliphatic rings. The van der Waals surface area contributed by atoms with E-state index in [2.05, 4.69) is 26.6 Å². The number of nitrogens with zero attached hydrogens (tertiary/aromatic N) is 1. The fourth-order valence-electron chi connectivity index (χ4n) is 5.32. The van der Waals surface area contributed by atoms with Crippen LogP contribution in [-0.4, -0.2) is 67.8 Å². The van der Waals surface area contributed by atoms with Gasteiger partial charge in [0.25, 0.3) is 0 Å². The molecule has 31 heavy (non-hydrogen) atoms. The number of aliphatic hydroxyl groups is 1. The Morgan fingerprint density at radius 3 is 2.65 bits per heavy atom. The molecule has 1 spiro atoms. The van der Waals surface area contributed by atoms with E-state index in [1.165, 1.54) is 0 Å². The molecule has 3 N–H and O–H groups in total. The van der Waals surface area contributed by atoms with Gasteiger partial charge in [-0.05, 0) is 38.8 Å². The Morgan fingerprint density at radius 2 is 2.00 bits per heavy atom. The first-order chi connectivity index (χ1) is 14.8. The highest BCUT2D eigenvalue weighted by atomic mass is 79.9. The van der Waals surface area contributed by atoms with Crippen molar-refractivity contribution in [2.24, 2.45) is 11.8 Å². The maximum Gasteiger partial charge on any atom is 0.244 e. The summed E-state index contributed by atoms with van der Waals surface area (Å²) in [6.45, 7) is 4.03. The minimum Gasteiger partial charge on any atom is -0.396 e. The Hall–Kier alpha value is -1.58. The predicted molar refractivity (Wildman–Crippen MR) is 124 cm³/mol. The van der Waals surface area contributed by atoms with Crippen molar-refractivity contribution in [2.45, 2.75) is 53.6 Å². The molecule has 168 valence electrons. The summed E-state index contributed by atoms with van der Waals surface area (Å²) < 4.78 is -0.650. The molecule has 0 aliphatic carbocycles. The molecular weight excluding hydrogens is 482 g/mol. The molecule has 0 saturated carbocycles. The normalized spacial score (nSPS) is 33.6. The van der Waals surface area contributed by atoms with Crippen molar-refractivity contribution in [3.63, 3.8) is 0 Å². The molecule has 9 heteroatoms. The Labute approximate surface area is 194 Å². The SMILES string of the molecule is CC(C)NC(=O)C1N(CCCO)C(=O)[C@@H]2[C@@H](C(=O)Nc3ccccc3)[C@@H]3SC12CC3Br. The van der Waals surface area contributed by atoms with E-state index in [1.807, 2.05) is 44.2 Å². The molecule has 4 rings (SSSR count). The van der Waals surface area contributed by atoms with Crippen LogP contribution in [0.3, 0.4) is 0 Å². The summed E-state index contributed by atoms with van der Waals surface area (Å²) in [5, 5.41) is 15.2. The average Bonchev–Trinajstić information content (AvgIpc) is 3.30. The third-order valence-electron chi connectivity index (χ3n) is 6.37. The highest BCUT2D eigenvalue weighted by molar-refractivity contribution is 9.09. The fourth-order valence-corrected chi connectivity index (χ4v) is 8.94. The molecule has 3 aliphatic heterocycles. The van der Waals surface area contributed by atoms with Crippen molar-refractivity contribution in [3.8, 4) is 0 Å². The average molecular weight is 510 g/mol. The standard InChI is InChI=1S/C22H28BrN3O4S/c1-12(2)24-20(29)18-22-11-14(23)17(31-22)15(16(22)21(30)26(18)9-6-10-27)19(28)25-13-7-4-3-5-8-13/h3-5,7-8,12,14-18,27H,6,9-11H2,1-2H3,(H,24,29)(H,25,28)/t14?,15-,16+,17-,18?,22?/m1/s1. The maximum atomic E-state index is 13.6. The van der Waals surface area contributed by atoms with Gasteiger partial charge in [-0.3, -0.25) is 14.4 Å². The lowest BCUT2D eigenvalue weighted by atomic mass is 9.70. The minimum atomic E-state index is -0.650. The first kappa shape index (κ1) is 22.6. The molecule has 1 aromatic carbocycles. The molecule has 2 bridgehead atoms. The number of benzene rings is 1. The number of hydrogen-bond donors (Lipinski definition) is 3. The fraction of sp³-hybridized carbons (Fsp3) is 0.591. The van der Waals surface area contributed by atoms with Crippen LogP contribution in [0.5, 0.6) is 0 Å². The van der Waals surface area contributed by atoms with E-state index in [4.69, 9.17) is 0 Å². The van der Waals surface area contributed by atoms with Gasteiger partial charge in [0.05, 0.1) is 16.6 Å². The number of rotatable bonds is 7. The van der Waals surface area contributed by atoms with Crippen molar-refractivity contribution in [1.82, 2.24) is 10.2 Å². The quantitative estimate of drug-likeness (QED) is 0.488. The van der Waals surface area contributed by atoms with E-state index in [0.717, 1.165) is 0 Å².